The maximum absolute atomic E-state index is 12.5. The highest BCUT2D eigenvalue weighted by atomic mass is 16.5. The van der Waals surface area contributed by atoms with Crippen molar-refractivity contribution in [3.8, 4) is 0 Å². The molecule has 0 aromatic heterocycles. The maximum atomic E-state index is 12.5. The van der Waals surface area contributed by atoms with Crippen LogP contribution in [0.25, 0.3) is 0 Å². The smallest absolute Gasteiger partial charge is 0.270 e. The van der Waals surface area contributed by atoms with Gasteiger partial charge in [0.15, 0.2) is 0 Å². The number of carbonyl (C=O) groups is 2. The molecular weight excluding hydrogens is 262 g/mol. The number of amides is 2. The average molecular weight is 283 g/mol. The van der Waals surface area contributed by atoms with Crippen LogP contribution in [0.5, 0.6) is 0 Å². The number of nitrogens with zero attached hydrogens (tertiary/aromatic N) is 3. The Balaban J connectivity index is 2.12. The molecule has 0 bridgehead atoms. The van der Waals surface area contributed by atoms with Crippen LogP contribution in [0.1, 0.15) is 26.7 Å². The second-order valence-corrected chi connectivity index (χ2v) is 5.83. The lowest BCUT2D eigenvalue weighted by Crippen LogP contribution is -2.57. The third-order valence-corrected chi connectivity index (χ3v) is 3.43. The van der Waals surface area contributed by atoms with E-state index in [0.717, 1.165) is 0 Å². The van der Waals surface area contributed by atoms with E-state index in [1.807, 2.05) is 13.8 Å². The van der Waals surface area contributed by atoms with Gasteiger partial charge in [0.05, 0.1) is 18.3 Å². The van der Waals surface area contributed by atoms with Crippen molar-refractivity contribution < 1.29 is 19.4 Å². The van der Waals surface area contributed by atoms with Gasteiger partial charge in [-0.25, -0.2) is 5.01 Å². The summed E-state index contributed by atoms with van der Waals surface area (Å²) >= 11 is 0. The van der Waals surface area contributed by atoms with E-state index in [2.05, 4.69) is 5.10 Å². The molecule has 2 rings (SSSR count). The number of aliphatic hydroxyl groups is 1. The summed E-state index contributed by atoms with van der Waals surface area (Å²) in [5.41, 5.74) is -0.111. The molecule has 1 fully saturated rings. The number of hydrogen-bond donors (Lipinski definition) is 1. The first-order chi connectivity index (χ1) is 9.32. The SMILES string of the molecule is CN1N=C(C(=O)N2CC(CO)OC(C)(C)C2)CCC1=O. The Morgan fingerprint density at radius 3 is 2.80 bits per heavy atom. The van der Waals surface area contributed by atoms with E-state index in [9.17, 15) is 14.7 Å². The van der Waals surface area contributed by atoms with Crippen LogP contribution in [0, 0.1) is 0 Å². The largest absolute Gasteiger partial charge is 0.394 e. The number of hydrogen-bond acceptors (Lipinski definition) is 5. The van der Waals surface area contributed by atoms with Crippen LogP contribution in [0.3, 0.4) is 0 Å². The predicted molar refractivity (Wildman–Crippen MR) is 72.1 cm³/mol. The third-order valence-electron chi connectivity index (χ3n) is 3.43. The minimum atomic E-state index is -0.502. The zero-order valence-corrected chi connectivity index (χ0v) is 12.1. The molecule has 7 nitrogen and oxygen atoms in total. The van der Waals surface area contributed by atoms with Crippen molar-refractivity contribution in [1.82, 2.24) is 9.91 Å². The topological polar surface area (TPSA) is 82.4 Å². The van der Waals surface area contributed by atoms with Gasteiger partial charge in [0, 0.05) is 33.0 Å². The molecule has 1 atom stereocenters. The molecule has 0 radical (unpaired) electrons. The quantitative estimate of drug-likeness (QED) is 0.747. The molecule has 2 amide bonds. The van der Waals surface area contributed by atoms with Crippen molar-refractivity contribution in [2.45, 2.75) is 38.4 Å². The summed E-state index contributed by atoms with van der Waals surface area (Å²) in [4.78, 5) is 25.5. The van der Waals surface area contributed by atoms with Crippen molar-refractivity contribution in [3.05, 3.63) is 0 Å². The van der Waals surface area contributed by atoms with Gasteiger partial charge in [-0.2, -0.15) is 5.10 Å². The lowest BCUT2D eigenvalue weighted by Gasteiger charge is -2.42. The fourth-order valence-corrected chi connectivity index (χ4v) is 2.55. The Morgan fingerprint density at radius 2 is 2.20 bits per heavy atom. The highest BCUT2D eigenvalue weighted by molar-refractivity contribution is 6.39. The number of morpholine rings is 1. The molecule has 1 N–H and O–H groups in total. The molecular formula is C13H21N3O4. The number of rotatable bonds is 2. The molecule has 7 heteroatoms. The Morgan fingerprint density at radius 1 is 1.50 bits per heavy atom. The van der Waals surface area contributed by atoms with Gasteiger partial charge in [0.25, 0.3) is 5.91 Å². The summed E-state index contributed by atoms with van der Waals surface area (Å²) in [6.07, 6.45) is 0.285. The molecule has 1 unspecified atom stereocenters. The fourth-order valence-electron chi connectivity index (χ4n) is 2.55. The lowest BCUT2D eigenvalue weighted by atomic mass is 10.0. The second-order valence-electron chi connectivity index (χ2n) is 5.83. The first-order valence-corrected chi connectivity index (χ1v) is 6.74. The number of ether oxygens (including phenoxy) is 1. The second kappa shape index (κ2) is 5.49. The molecule has 112 valence electrons. The standard InChI is InChI=1S/C13H21N3O4/c1-13(2)8-16(6-9(7-17)20-13)12(19)10-4-5-11(18)15(3)14-10/h9,17H,4-8H2,1-3H3. The minimum Gasteiger partial charge on any atom is -0.394 e. The van der Waals surface area contributed by atoms with Crippen LogP contribution < -0.4 is 0 Å². The molecule has 0 aromatic carbocycles. The van der Waals surface area contributed by atoms with Crippen LogP contribution in [-0.2, 0) is 14.3 Å². The van der Waals surface area contributed by atoms with E-state index >= 15 is 0 Å². The molecule has 2 aliphatic rings. The van der Waals surface area contributed by atoms with Gasteiger partial charge in [-0.3, -0.25) is 9.59 Å². The molecule has 0 spiro atoms. The van der Waals surface area contributed by atoms with E-state index in [1.54, 1.807) is 11.9 Å². The number of aliphatic hydroxyl groups excluding tert-OH is 1. The van der Waals surface area contributed by atoms with Crippen LogP contribution in [0.4, 0.5) is 0 Å². The summed E-state index contributed by atoms with van der Waals surface area (Å²) in [5, 5.41) is 14.5. The monoisotopic (exact) mass is 283 g/mol. The molecule has 2 aliphatic heterocycles. The van der Waals surface area contributed by atoms with Crippen LogP contribution in [0.2, 0.25) is 0 Å². The maximum Gasteiger partial charge on any atom is 0.270 e. The zero-order chi connectivity index (χ0) is 14.9. The number of carbonyl (C=O) groups excluding carboxylic acids is 2. The van der Waals surface area contributed by atoms with Gasteiger partial charge in [0.2, 0.25) is 5.91 Å². The Bertz CT molecular complexity index is 447. The Kier molecular flexibility index (Phi) is 4.10. The molecule has 2 heterocycles. The van der Waals surface area contributed by atoms with Gasteiger partial charge in [0.1, 0.15) is 5.71 Å². The minimum absolute atomic E-state index is 0.0860. The lowest BCUT2D eigenvalue weighted by molar-refractivity contribution is -0.162. The summed E-state index contributed by atoms with van der Waals surface area (Å²) in [6, 6.07) is 0. The Hall–Kier alpha value is -1.47. The summed E-state index contributed by atoms with van der Waals surface area (Å²) in [7, 11) is 1.55. The summed E-state index contributed by atoms with van der Waals surface area (Å²) in [5.74, 6) is -0.267. The third kappa shape index (κ3) is 3.16. The fraction of sp³-hybridized carbons (Fsp3) is 0.769. The van der Waals surface area contributed by atoms with E-state index in [4.69, 9.17) is 4.74 Å². The summed E-state index contributed by atoms with van der Waals surface area (Å²) < 4.78 is 5.68. The average Bonchev–Trinajstić information content (AvgIpc) is 2.39. The van der Waals surface area contributed by atoms with E-state index < -0.39 is 5.60 Å². The summed E-state index contributed by atoms with van der Waals surface area (Å²) in [6.45, 7) is 4.42. The predicted octanol–water partition coefficient (Wildman–Crippen LogP) is -0.407. The molecule has 1 saturated heterocycles. The van der Waals surface area contributed by atoms with Crippen LogP contribution in [-0.4, -0.2) is 71.0 Å². The molecule has 0 aliphatic carbocycles. The Labute approximate surface area is 118 Å². The van der Waals surface area contributed by atoms with Crippen molar-refractivity contribution in [1.29, 1.82) is 0 Å². The molecule has 0 saturated carbocycles. The highest BCUT2D eigenvalue weighted by Gasteiger charge is 2.37. The van der Waals surface area contributed by atoms with Gasteiger partial charge in [-0.05, 0) is 13.8 Å². The van der Waals surface area contributed by atoms with Crippen LogP contribution in [0.15, 0.2) is 5.10 Å². The zero-order valence-electron chi connectivity index (χ0n) is 12.1. The molecule has 0 aromatic rings. The van der Waals surface area contributed by atoms with Gasteiger partial charge in [-0.15, -0.1) is 0 Å². The van der Waals surface area contributed by atoms with Crippen LogP contribution >= 0.6 is 0 Å². The van der Waals surface area contributed by atoms with Gasteiger partial charge < -0.3 is 14.7 Å². The molecule has 20 heavy (non-hydrogen) atoms. The van der Waals surface area contributed by atoms with Gasteiger partial charge in [-0.1, -0.05) is 0 Å². The first-order valence-electron chi connectivity index (χ1n) is 6.74. The van der Waals surface area contributed by atoms with Gasteiger partial charge >= 0.3 is 0 Å². The van der Waals surface area contributed by atoms with E-state index in [-0.39, 0.29) is 24.5 Å². The van der Waals surface area contributed by atoms with Crippen molar-refractivity contribution >= 4 is 17.5 Å². The van der Waals surface area contributed by atoms with E-state index in [1.165, 1.54) is 5.01 Å². The normalized spacial score (nSPS) is 26.5. The van der Waals surface area contributed by atoms with Crippen molar-refractivity contribution in [2.75, 3.05) is 26.7 Å². The first kappa shape index (κ1) is 14.9. The van der Waals surface area contributed by atoms with Crippen molar-refractivity contribution in [3.63, 3.8) is 0 Å². The number of hydrazone groups is 1. The highest BCUT2D eigenvalue weighted by Crippen LogP contribution is 2.22. The van der Waals surface area contributed by atoms with Crippen molar-refractivity contribution in [2.24, 2.45) is 5.10 Å². The van der Waals surface area contributed by atoms with E-state index in [0.29, 0.717) is 31.6 Å².